The Morgan fingerprint density at radius 3 is 2.41 bits per heavy atom. The van der Waals surface area contributed by atoms with Crippen LogP contribution in [0.1, 0.15) is 50.2 Å². The molecule has 1 aliphatic heterocycles. The molecule has 39 heavy (non-hydrogen) atoms. The Labute approximate surface area is 227 Å². The average Bonchev–Trinajstić information content (AvgIpc) is 3.27. The highest BCUT2D eigenvalue weighted by atomic mass is 16.7. The third kappa shape index (κ3) is 5.34. The van der Waals surface area contributed by atoms with Gasteiger partial charge in [-0.25, -0.2) is 10.1 Å². The maximum atomic E-state index is 13.3. The van der Waals surface area contributed by atoms with Crippen LogP contribution in [0.4, 0.5) is 5.69 Å². The van der Waals surface area contributed by atoms with E-state index in [1.165, 1.54) is 12.2 Å². The molecule has 2 N–H and O–H groups in total. The number of carbonyl (C=O) groups excluding carboxylic acids is 2. The lowest BCUT2D eigenvalue weighted by Crippen LogP contribution is -2.46. The number of aliphatic imine (C=N–C) groups is 1. The Kier molecular flexibility index (Phi) is 7.58. The fraction of sp³-hybridized carbons (Fsp3) is 0.258. The number of carbonyl (C=O) groups is 2. The second kappa shape index (κ2) is 11.2. The second-order valence-electron chi connectivity index (χ2n) is 9.94. The van der Waals surface area contributed by atoms with Gasteiger partial charge < -0.3 is 15.0 Å². The summed E-state index contributed by atoms with van der Waals surface area (Å²) < 4.78 is 0. The molecule has 1 fully saturated rings. The molecule has 0 spiro atoms. The molecule has 1 saturated heterocycles. The van der Waals surface area contributed by atoms with Gasteiger partial charge in [-0.05, 0) is 81.9 Å². The highest BCUT2D eigenvalue weighted by Gasteiger charge is 2.28. The van der Waals surface area contributed by atoms with E-state index in [4.69, 9.17) is 9.83 Å². The predicted octanol–water partition coefficient (Wildman–Crippen LogP) is 5.26. The van der Waals surface area contributed by atoms with E-state index >= 15 is 0 Å². The number of amides is 1. The maximum absolute atomic E-state index is 13.3. The summed E-state index contributed by atoms with van der Waals surface area (Å²) in [5, 5.41) is 13.2. The zero-order valence-electron chi connectivity index (χ0n) is 22.3. The van der Waals surface area contributed by atoms with Crippen molar-refractivity contribution in [1.82, 2.24) is 14.9 Å². The van der Waals surface area contributed by atoms with E-state index in [1.807, 2.05) is 43.3 Å². The number of nitrogens with zero attached hydrogens (tertiary/aromatic N) is 3. The first-order chi connectivity index (χ1) is 18.9. The van der Waals surface area contributed by atoms with Crippen LogP contribution in [0.25, 0.3) is 10.9 Å². The number of hydrogen-bond donors (Lipinski definition) is 2. The minimum atomic E-state index is -0.179. The molecule has 1 aromatic heterocycles. The van der Waals surface area contributed by atoms with Gasteiger partial charge in [-0.15, -0.1) is 0 Å². The number of benzene rings is 3. The summed E-state index contributed by atoms with van der Waals surface area (Å²) in [7, 11) is 3.62. The number of aromatic amines is 1. The average molecular weight is 525 g/mol. The van der Waals surface area contributed by atoms with Crippen molar-refractivity contribution in [1.29, 1.82) is 0 Å². The lowest BCUT2D eigenvalue weighted by molar-refractivity contribution is -0.132. The number of aromatic nitrogens is 1. The van der Waals surface area contributed by atoms with Gasteiger partial charge in [0.05, 0.1) is 30.1 Å². The van der Waals surface area contributed by atoms with E-state index in [9.17, 15) is 14.7 Å². The van der Waals surface area contributed by atoms with Crippen LogP contribution in [-0.2, 0) is 4.84 Å². The monoisotopic (exact) mass is 524 g/mol. The van der Waals surface area contributed by atoms with Crippen LogP contribution >= 0.6 is 0 Å². The summed E-state index contributed by atoms with van der Waals surface area (Å²) in [6.07, 6.45) is 2.53. The van der Waals surface area contributed by atoms with Gasteiger partial charge in [0.1, 0.15) is 6.29 Å². The number of fused-ring (bicyclic) bond motifs is 1. The fourth-order valence-electron chi connectivity index (χ4n) is 5.14. The highest BCUT2D eigenvalue weighted by molar-refractivity contribution is 6.22. The minimum absolute atomic E-state index is 0.0317. The molecule has 8 heteroatoms. The number of aryl methyl sites for hydroxylation is 1. The first-order valence-electron chi connectivity index (χ1n) is 13.0. The van der Waals surface area contributed by atoms with E-state index < -0.39 is 0 Å². The minimum Gasteiger partial charge on any atom is -0.494 e. The number of hydrogen-bond acceptors (Lipinski definition) is 6. The number of hydroxylamine groups is 2. The molecule has 3 aromatic carbocycles. The largest absolute Gasteiger partial charge is 0.494 e. The summed E-state index contributed by atoms with van der Waals surface area (Å²) in [6.45, 7) is 3.70. The summed E-state index contributed by atoms with van der Waals surface area (Å²) in [5.41, 5.74) is 5.09. The SMILES string of the molecule is CON(C(=O)c1ccc(N=C(c2ccccc2)c2c(O)[nH]c3cc(C=O)c(C)cc23)cc1)C1CCN(C)CC1. The van der Waals surface area contributed by atoms with E-state index in [2.05, 4.69) is 16.9 Å². The predicted molar refractivity (Wildman–Crippen MR) is 152 cm³/mol. The number of aromatic hydroxyl groups is 1. The Morgan fingerprint density at radius 2 is 1.77 bits per heavy atom. The van der Waals surface area contributed by atoms with Crippen LogP contribution in [-0.4, -0.2) is 71.2 Å². The fourth-order valence-corrected chi connectivity index (χ4v) is 5.14. The van der Waals surface area contributed by atoms with Gasteiger partial charge in [-0.3, -0.25) is 14.4 Å². The van der Waals surface area contributed by atoms with Crippen LogP contribution in [0.15, 0.2) is 71.7 Å². The van der Waals surface area contributed by atoms with Gasteiger partial charge in [0, 0.05) is 27.6 Å². The summed E-state index contributed by atoms with van der Waals surface area (Å²) in [5.74, 6) is -0.211. The van der Waals surface area contributed by atoms with Crippen molar-refractivity contribution in [3.05, 3.63) is 94.5 Å². The van der Waals surface area contributed by atoms with Gasteiger partial charge in [0.15, 0.2) is 5.88 Å². The first-order valence-corrected chi connectivity index (χ1v) is 13.0. The van der Waals surface area contributed by atoms with Crippen LogP contribution < -0.4 is 0 Å². The Hall–Kier alpha value is -4.27. The molecule has 1 amide bonds. The van der Waals surface area contributed by atoms with Crippen molar-refractivity contribution < 1.29 is 19.5 Å². The molecule has 0 unspecified atom stereocenters. The van der Waals surface area contributed by atoms with Gasteiger partial charge in [-0.1, -0.05) is 30.3 Å². The van der Waals surface area contributed by atoms with Gasteiger partial charge >= 0.3 is 0 Å². The molecule has 0 atom stereocenters. The molecule has 1 aliphatic rings. The van der Waals surface area contributed by atoms with Crippen molar-refractivity contribution in [2.75, 3.05) is 27.2 Å². The zero-order chi connectivity index (χ0) is 27.5. The molecule has 0 bridgehead atoms. The number of rotatable bonds is 7. The number of nitrogens with one attached hydrogen (secondary N) is 1. The van der Waals surface area contributed by atoms with Crippen LogP contribution in [0.5, 0.6) is 5.88 Å². The molecular weight excluding hydrogens is 492 g/mol. The third-order valence-corrected chi connectivity index (χ3v) is 7.35. The van der Waals surface area contributed by atoms with Crippen molar-refractivity contribution >= 4 is 34.5 Å². The van der Waals surface area contributed by atoms with Crippen molar-refractivity contribution in [2.45, 2.75) is 25.8 Å². The van der Waals surface area contributed by atoms with Gasteiger partial charge in [-0.2, -0.15) is 0 Å². The van der Waals surface area contributed by atoms with Crippen LogP contribution in [0.3, 0.4) is 0 Å². The van der Waals surface area contributed by atoms with Crippen molar-refractivity contribution in [3.63, 3.8) is 0 Å². The van der Waals surface area contributed by atoms with Crippen molar-refractivity contribution in [3.8, 4) is 5.88 Å². The first kappa shape index (κ1) is 26.3. The summed E-state index contributed by atoms with van der Waals surface area (Å²) in [4.78, 5) is 40.4. The number of piperidine rings is 1. The number of H-pyrrole nitrogens is 1. The van der Waals surface area contributed by atoms with E-state index in [0.717, 1.165) is 48.7 Å². The lowest BCUT2D eigenvalue weighted by Gasteiger charge is -2.35. The molecule has 5 rings (SSSR count). The molecule has 8 nitrogen and oxygen atoms in total. The molecule has 0 saturated carbocycles. The normalized spacial score (nSPS) is 15.0. The van der Waals surface area contributed by atoms with E-state index in [1.54, 1.807) is 30.3 Å². The Morgan fingerprint density at radius 1 is 1.08 bits per heavy atom. The zero-order valence-corrected chi connectivity index (χ0v) is 22.3. The van der Waals surface area contributed by atoms with Crippen LogP contribution in [0.2, 0.25) is 0 Å². The summed E-state index contributed by atoms with van der Waals surface area (Å²) in [6, 6.07) is 20.3. The van der Waals surface area contributed by atoms with E-state index in [0.29, 0.717) is 33.6 Å². The molecule has 4 aromatic rings. The van der Waals surface area contributed by atoms with E-state index in [-0.39, 0.29) is 17.8 Å². The number of likely N-dealkylation sites (tertiary alicyclic amines) is 1. The number of aldehydes is 1. The maximum Gasteiger partial charge on any atom is 0.277 e. The van der Waals surface area contributed by atoms with Crippen LogP contribution in [0, 0.1) is 6.92 Å². The van der Waals surface area contributed by atoms with Crippen molar-refractivity contribution in [2.24, 2.45) is 4.99 Å². The second-order valence-corrected chi connectivity index (χ2v) is 9.94. The lowest BCUT2D eigenvalue weighted by atomic mass is 9.98. The van der Waals surface area contributed by atoms with Gasteiger partial charge in [0.25, 0.3) is 5.91 Å². The third-order valence-electron chi connectivity index (χ3n) is 7.35. The van der Waals surface area contributed by atoms with Gasteiger partial charge in [0.2, 0.25) is 0 Å². The molecule has 200 valence electrons. The highest BCUT2D eigenvalue weighted by Crippen LogP contribution is 2.33. The molecule has 0 radical (unpaired) electrons. The molecule has 0 aliphatic carbocycles. The Balaban J connectivity index is 1.52. The Bertz CT molecular complexity index is 1520. The standard InChI is InChI=1S/C31H32N4O4/c1-20-17-26-27(18-23(20)19-36)33-30(37)28(26)29(21-7-5-4-6-8-21)32-24-11-9-22(10-12-24)31(38)35(39-3)25-13-15-34(2)16-14-25/h4-12,17-19,25,33,37H,13-16H2,1-3H3. The topological polar surface area (TPSA) is 98.2 Å². The molecule has 2 heterocycles. The summed E-state index contributed by atoms with van der Waals surface area (Å²) >= 11 is 0. The molecular formula is C31H32N4O4. The smallest absolute Gasteiger partial charge is 0.277 e. The quantitative estimate of drug-likeness (QED) is 0.195.